The van der Waals surface area contributed by atoms with Crippen LogP contribution >= 0.6 is 23.2 Å². The van der Waals surface area contributed by atoms with E-state index in [-0.39, 0.29) is 23.8 Å². The summed E-state index contributed by atoms with van der Waals surface area (Å²) in [5.74, 6) is -2.29. The summed E-state index contributed by atoms with van der Waals surface area (Å²) in [5.41, 5.74) is -0.721. The van der Waals surface area contributed by atoms with Crippen LogP contribution in [0.25, 0.3) is 0 Å². The molecule has 3 aliphatic heterocycles. The molecule has 2 saturated heterocycles. The van der Waals surface area contributed by atoms with E-state index in [4.69, 9.17) is 27.9 Å². The van der Waals surface area contributed by atoms with Crippen LogP contribution in [0.5, 0.6) is 0 Å². The molecule has 0 aromatic heterocycles. The maximum Gasteiger partial charge on any atom is 0.246 e. The Morgan fingerprint density at radius 2 is 1.70 bits per heavy atom. The van der Waals surface area contributed by atoms with Crippen LogP contribution in [-0.4, -0.2) is 77.5 Å². The van der Waals surface area contributed by atoms with Crippen LogP contribution in [0.4, 0.5) is 5.69 Å². The first-order valence-corrected chi connectivity index (χ1v) is 15.5. The van der Waals surface area contributed by atoms with Gasteiger partial charge in [-0.2, -0.15) is 0 Å². The second-order valence-electron chi connectivity index (χ2n) is 11.6. The van der Waals surface area contributed by atoms with Gasteiger partial charge in [0.15, 0.2) is 0 Å². The maximum absolute atomic E-state index is 14.2. The Kier molecular flexibility index (Phi) is 9.10. The highest BCUT2D eigenvalue weighted by Crippen LogP contribution is 2.55. The number of nitrogens with zero attached hydrogens (tertiary/aromatic N) is 2. The smallest absolute Gasteiger partial charge is 0.246 e. The number of nitrogens with one attached hydrogen (secondary N) is 2. The molecule has 2 N–H and O–H groups in total. The van der Waals surface area contributed by atoms with E-state index in [9.17, 15) is 14.4 Å². The number of carbonyl (C=O) groups excluding carboxylic acids is 3. The molecule has 218 valence electrons. The van der Waals surface area contributed by atoms with Gasteiger partial charge in [-0.05, 0) is 57.0 Å². The van der Waals surface area contributed by atoms with Crippen molar-refractivity contribution in [3.8, 4) is 0 Å². The second kappa shape index (κ2) is 12.4. The zero-order chi connectivity index (χ0) is 28.4. The lowest BCUT2D eigenvalue weighted by atomic mass is 9.74. The molecule has 1 saturated carbocycles. The van der Waals surface area contributed by atoms with Gasteiger partial charge in [0.05, 0.1) is 17.9 Å². The molecule has 0 radical (unpaired) electrons. The molecule has 3 fully saturated rings. The summed E-state index contributed by atoms with van der Waals surface area (Å²) in [7, 11) is 0. The largest absolute Gasteiger partial charge is 0.359 e. The Hall–Kier alpha value is -2.13. The third-order valence-electron chi connectivity index (χ3n) is 8.74. The van der Waals surface area contributed by atoms with Crippen LogP contribution in [0, 0.1) is 11.8 Å². The number of halogens is 2. The third-order valence-corrected chi connectivity index (χ3v) is 9.18. The van der Waals surface area contributed by atoms with Crippen molar-refractivity contribution in [2.75, 3.05) is 31.5 Å². The SMILES string of the molecule is CCCN(CCC)CCN1C(=O)[C@@H]2C(C(=O)Nc3cc(Cl)cc(Cl)c3)[C@@H]3C=C[C@]2(O3)C1C(=O)NC1CCCCC1. The summed E-state index contributed by atoms with van der Waals surface area (Å²) in [6.07, 6.45) is 10.4. The van der Waals surface area contributed by atoms with Gasteiger partial charge in [-0.15, -0.1) is 0 Å². The first-order valence-electron chi connectivity index (χ1n) is 14.7. The number of hydrogen-bond acceptors (Lipinski definition) is 5. The van der Waals surface area contributed by atoms with Gasteiger partial charge in [-0.25, -0.2) is 0 Å². The zero-order valence-electron chi connectivity index (χ0n) is 23.3. The summed E-state index contributed by atoms with van der Waals surface area (Å²) in [4.78, 5) is 45.8. The standard InChI is InChI=1S/C30H40Cl2N4O4/c1-3-12-35(13-4-2)14-15-36-26(28(38)33-21-8-6-5-7-9-21)30-11-10-23(40-30)24(25(30)29(36)39)27(37)34-22-17-19(31)16-20(32)18-22/h10-11,16-18,21,23-26H,3-9,12-15H2,1-2H3,(H,33,38)(H,34,37)/t23-,24?,25-,26?,30+/m0/s1. The first-order chi connectivity index (χ1) is 19.3. The van der Waals surface area contributed by atoms with Gasteiger partial charge in [-0.1, -0.05) is 68.5 Å². The molecule has 2 unspecified atom stereocenters. The topological polar surface area (TPSA) is 91.0 Å². The highest BCUT2D eigenvalue weighted by Gasteiger charge is 2.72. The van der Waals surface area contributed by atoms with E-state index in [1.807, 2.05) is 12.2 Å². The Morgan fingerprint density at radius 1 is 1.02 bits per heavy atom. The fourth-order valence-corrected chi connectivity index (χ4v) is 7.63. The molecule has 2 bridgehead atoms. The predicted molar refractivity (Wildman–Crippen MR) is 156 cm³/mol. The minimum absolute atomic E-state index is 0.0968. The van der Waals surface area contributed by atoms with Crippen molar-refractivity contribution in [1.82, 2.24) is 15.1 Å². The summed E-state index contributed by atoms with van der Waals surface area (Å²) >= 11 is 12.3. The van der Waals surface area contributed by atoms with Crippen LogP contribution in [0.1, 0.15) is 58.8 Å². The lowest BCUT2D eigenvalue weighted by Gasteiger charge is -2.35. The fourth-order valence-electron chi connectivity index (χ4n) is 7.10. The number of benzene rings is 1. The minimum Gasteiger partial charge on any atom is -0.359 e. The number of amides is 3. The van der Waals surface area contributed by atoms with Gasteiger partial charge in [-0.3, -0.25) is 14.4 Å². The van der Waals surface area contributed by atoms with E-state index in [0.29, 0.717) is 28.8 Å². The summed E-state index contributed by atoms with van der Waals surface area (Å²) in [6, 6.07) is 4.09. The van der Waals surface area contributed by atoms with E-state index in [2.05, 4.69) is 29.4 Å². The highest BCUT2D eigenvalue weighted by atomic mass is 35.5. The minimum atomic E-state index is -1.17. The van der Waals surface area contributed by atoms with Crippen LogP contribution in [0.3, 0.4) is 0 Å². The Balaban J connectivity index is 1.42. The quantitative estimate of drug-likeness (QED) is 0.366. The monoisotopic (exact) mass is 590 g/mol. The van der Waals surface area contributed by atoms with Crippen molar-refractivity contribution in [2.45, 2.75) is 82.6 Å². The molecular weight excluding hydrogens is 551 g/mol. The summed E-state index contributed by atoms with van der Waals surface area (Å²) < 4.78 is 6.47. The molecule has 1 aromatic rings. The molecule has 1 aromatic carbocycles. The van der Waals surface area contributed by atoms with Crippen molar-refractivity contribution in [2.24, 2.45) is 11.8 Å². The molecule has 1 aliphatic carbocycles. The van der Waals surface area contributed by atoms with E-state index in [1.165, 1.54) is 6.42 Å². The molecule has 1 spiro atoms. The van der Waals surface area contributed by atoms with Crippen LogP contribution in [0.2, 0.25) is 10.0 Å². The van der Waals surface area contributed by atoms with Crippen LogP contribution in [0.15, 0.2) is 30.4 Å². The van der Waals surface area contributed by atoms with Crippen molar-refractivity contribution >= 4 is 46.6 Å². The van der Waals surface area contributed by atoms with Gasteiger partial charge in [0.2, 0.25) is 17.7 Å². The van der Waals surface area contributed by atoms with Crippen molar-refractivity contribution in [3.05, 3.63) is 40.4 Å². The lowest BCUT2D eigenvalue weighted by molar-refractivity contribution is -0.141. The highest BCUT2D eigenvalue weighted by molar-refractivity contribution is 6.35. The zero-order valence-corrected chi connectivity index (χ0v) is 24.8. The second-order valence-corrected chi connectivity index (χ2v) is 12.4. The normalized spacial score (nSPS) is 29.3. The number of hydrogen-bond donors (Lipinski definition) is 2. The van der Waals surface area contributed by atoms with Crippen molar-refractivity contribution in [3.63, 3.8) is 0 Å². The Bertz CT molecular complexity index is 1130. The molecule has 5 rings (SSSR count). The predicted octanol–water partition coefficient (Wildman–Crippen LogP) is 4.65. The van der Waals surface area contributed by atoms with E-state index in [0.717, 1.165) is 51.6 Å². The van der Waals surface area contributed by atoms with Crippen molar-refractivity contribution < 1.29 is 19.1 Å². The Labute approximate surface area is 246 Å². The number of rotatable bonds is 11. The lowest BCUT2D eigenvalue weighted by Crippen LogP contribution is -2.57. The van der Waals surface area contributed by atoms with Gasteiger partial charge in [0, 0.05) is 34.9 Å². The van der Waals surface area contributed by atoms with Crippen LogP contribution in [-0.2, 0) is 19.1 Å². The van der Waals surface area contributed by atoms with Crippen LogP contribution < -0.4 is 10.6 Å². The number of ether oxygens (including phenoxy) is 1. The number of likely N-dealkylation sites (tertiary alicyclic amines) is 1. The van der Waals surface area contributed by atoms with E-state index < -0.39 is 29.6 Å². The summed E-state index contributed by atoms with van der Waals surface area (Å²) in [5, 5.41) is 6.93. The molecular formula is C30H40Cl2N4O4. The molecule has 4 aliphatic rings. The van der Waals surface area contributed by atoms with Gasteiger partial charge >= 0.3 is 0 Å². The average molecular weight is 592 g/mol. The molecule has 10 heteroatoms. The van der Waals surface area contributed by atoms with Crippen molar-refractivity contribution in [1.29, 1.82) is 0 Å². The Morgan fingerprint density at radius 3 is 2.35 bits per heavy atom. The number of anilines is 1. The van der Waals surface area contributed by atoms with E-state index >= 15 is 0 Å². The summed E-state index contributed by atoms with van der Waals surface area (Å²) in [6.45, 7) is 7.20. The molecule has 5 atom stereocenters. The van der Waals surface area contributed by atoms with Gasteiger partial charge in [0.25, 0.3) is 0 Å². The molecule has 3 heterocycles. The maximum atomic E-state index is 14.2. The molecule has 8 nitrogen and oxygen atoms in total. The van der Waals surface area contributed by atoms with Gasteiger partial charge < -0.3 is 25.2 Å². The fraction of sp³-hybridized carbons (Fsp3) is 0.633. The number of carbonyl (C=O) groups is 3. The first kappa shape index (κ1) is 29.4. The van der Waals surface area contributed by atoms with E-state index in [1.54, 1.807) is 23.1 Å². The third kappa shape index (κ3) is 5.65. The number of fused-ring (bicyclic) bond motifs is 1. The molecule has 3 amide bonds. The molecule has 40 heavy (non-hydrogen) atoms. The van der Waals surface area contributed by atoms with Gasteiger partial charge in [0.1, 0.15) is 11.6 Å². The average Bonchev–Trinajstić information content (AvgIpc) is 3.55.